The van der Waals surface area contributed by atoms with Gasteiger partial charge in [0.25, 0.3) is 5.91 Å². The lowest BCUT2D eigenvalue weighted by molar-refractivity contribution is -0.125. The molecule has 27 heavy (non-hydrogen) atoms. The van der Waals surface area contributed by atoms with Crippen LogP contribution in [-0.4, -0.2) is 35.3 Å². The molecular weight excluding hydrogens is 342 g/mol. The smallest absolute Gasteiger partial charge is 0.324 e. The minimum absolute atomic E-state index is 0.0499. The molecule has 0 radical (unpaired) electrons. The Balaban J connectivity index is 1.42. The van der Waals surface area contributed by atoms with E-state index in [1.807, 2.05) is 0 Å². The third-order valence-electron chi connectivity index (χ3n) is 7.59. The fourth-order valence-electron chi connectivity index (χ4n) is 5.22. The largest absolute Gasteiger partial charge is 0.349 e. The molecule has 1 heterocycles. The second kappa shape index (κ2) is 6.08. The Hall–Kier alpha value is -2.37. The molecule has 6 heteroatoms. The average Bonchev–Trinajstić information content (AvgIpc) is 3.13. The number of carbonyl (C=O) groups excluding carboxylic acids is 3. The van der Waals surface area contributed by atoms with Gasteiger partial charge in [0.15, 0.2) is 0 Å². The molecule has 4 amide bonds. The lowest BCUT2D eigenvalue weighted by Gasteiger charge is -2.39. The Labute approximate surface area is 159 Å². The Morgan fingerprint density at radius 3 is 2.44 bits per heavy atom. The molecule has 0 spiro atoms. The van der Waals surface area contributed by atoms with Crippen molar-refractivity contribution in [3.63, 3.8) is 0 Å². The van der Waals surface area contributed by atoms with Crippen molar-refractivity contribution in [1.29, 1.82) is 0 Å². The predicted molar refractivity (Wildman–Crippen MR) is 101 cm³/mol. The zero-order chi connectivity index (χ0) is 19.4. The number of amides is 4. The van der Waals surface area contributed by atoms with Crippen molar-refractivity contribution in [1.82, 2.24) is 15.5 Å². The highest BCUT2D eigenvalue weighted by Crippen LogP contribution is 2.65. The summed E-state index contributed by atoms with van der Waals surface area (Å²) >= 11 is 0. The van der Waals surface area contributed by atoms with Gasteiger partial charge in [0.05, 0.1) is 13.1 Å². The summed E-state index contributed by atoms with van der Waals surface area (Å²) in [5, 5.41) is 5.77. The Morgan fingerprint density at radius 2 is 1.93 bits per heavy atom. The number of nitrogens with one attached hydrogen (secondary N) is 2. The van der Waals surface area contributed by atoms with E-state index >= 15 is 0 Å². The number of rotatable bonds is 4. The zero-order valence-corrected chi connectivity index (χ0v) is 16.2. The second-order valence-corrected chi connectivity index (χ2v) is 8.97. The SMILES string of the molecule is CC1(C)C2CCC1(C)C(NC(=O)c1ccc(CN3C(=O)CNC3=O)cc1)C2. The third-order valence-corrected chi connectivity index (χ3v) is 7.59. The number of benzene rings is 1. The van der Waals surface area contributed by atoms with Crippen LogP contribution in [0.2, 0.25) is 0 Å². The maximum atomic E-state index is 12.8. The highest BCUT2D eigenvalue weighted by Gasteiger charge is 2.61. The highest BCUT2D eigenvalue weighted by molar-refractivity contribution is 6.01. The molecule has 4 rings (SSSR count). The summed E-state index contributed by atoms with van der Waals surface area (Å²) in [7, 11) is 0. The fourth-order valence-corrected chi connectivity index (χ4v) is 5.22. The minimum Gasteiger partial charge on any atom is -0.349 e. The van der Waals surface area contributed by atoms with Crippen LogP contribution in [0.4, 0.5) is 4.79 Å². The number of nitrogens with zero attached hydrogens (tertiary/aromatic N) is 1. The van der Waals surface area contributed by atoms with Crippen molar-refractivity contribution < 1.29 is 14.4 Å². The molecule has 3 unspecified atom stereocenters. The first-order chi connectivity index (χ1) is 12.7. The van der Waals surface area contributed by atoms with Gasteiger partial charge in [-0.2, -0.15) is 0 Å². The number of hydrogen-bond acceptors (Lipinski definition) is 3. The van der Waals surface area contributed by atoms with Crippen molar-refractivity contribution in [2.45, 2.75) is 52.6 Å². The molecule has 2 saturated carbocycles. The molecule has 2 N–H and O–H groups in total. The molecule has 1 aromatic rings. The number of fused-ring (bicyclic) bond motifs is 2. The van der Waals surface area contributed by atoms with Gasteiger partial charge in [0.1, 0.15) is 0 Å². The van der Waals surface area contributed by atoms with Crippen molar-refractivity contribution in [2.24, 2.45) is 16.7 Å². The summed E-state index contributed by atoms with van der Waals surface area (Å²) in [6, 6.07) is 6.99. The van der Waals surface area contributed by atoms with Crippen LogP contribution < -0.4 is 10.6 Å². The van der Waals surface area contributed by atoms with Crippen LogP contribution >= 0.6 is 0 Å². The monoisotopic (exact) mass is 369 g/mol. The summed E-state index contributed by atoms with van der Waals surface area (Å²) in [5.74, 6) is 0.402. The van der Waals surface area contributed by atoms with Gasteiger partial charge in [-0.15, -0.1) is 0 Å². The molecule has 144 valence electrons. The summed E-state index contributed by atoms with van der Waals surface area (Å²) in [6.45, 7) is 7.26. The highest BCUT2D eigenvalue weighted by atomic mass is 16.2. The normalized spacial score (nSPS) is 31.3. The van der Waals surface area contributed by atoms with Gasteiger partial charge in [-0.1, -0.05) is 32.9 Å². The summed E-state index contributed by atoms with van der Waals surface area (Å²) in [5.41, 5.74) is 1.85. The van der Waals surface area contributed by atoms with Gasteiger partial charge >= 0.3 is 6.03 Å². The Bertz CT molecular complexity index is 785. The quantitative estimate of drug-likeness (QED) is 0.801. The van der Waals surface area contributed by atoms with Crippen LogP contribution in [-0.2, 0) is 11.3 Å². The molecule has 3 aliphatic rings. The number of hydrogen-bond donors (Lipinski definition) is 2. The molecule has 1 saturated heterocycles. The van der Waals surface area contributed by atoms with Gasteiger partial charge in [-0.3, -0.25) is 14.5 Å². The van der Waals surface area contributed by atoms with Crippen LogP contribution in [0.5, 0.6) is 0 Å². The van der Waals surface area contributed by atoms with Crippen molar-refractivity contribution in [3.8, 4) is 0 Å². The van der Waals surface area contributed by atoms with Gasteiger partial charge in [0.2, 0.25) is 5.91 Å². The molecular formula is C21H27N3O3. The standard InChI is InChI=1S/C21H27N3O3/c1-20(2)15-8-9-21(20,3)16(10-15)23-18(26)14-6-4-13(5-7-14)12-24-17(25)11-22-19(24)27/h4-7,15-16H,8-12H2,1-3H3,(H,22,27)(H,23,26). The number of urea groups is 1. The van der Waals surface area contributed by atoms with E-state index in [1.165, 1.54) is 17.7 Å². The summed E-state index contributed by atoms with van der Waals surface area (Å²) < 4.78 is 0. The van der Waals surface area contributed by atoms with E-state index in [9.17, 15) is 14.4 Å². The van der Waals surface area contributed by atoms with Crippen molar-refractivity contribution in [2.75, 3.05) is 6.54 Å². The number of carbonyl (C=O) groups is 3. The number of imide groups is 1. The first kappa shape index (κ1) is 18.0. The predicted octanol–water partition coefficient (Wildman–Crippen LogP) is 2.68. The Kier molecular flexibility index (Phi) is 4.05. The van der Waals surface area contributed by atoms with E-state index < -0.39 is 0 Å². The molecule has 2 aliphatic carbocycles. The average molecular weight is 369 g/mol. The topological polar surface area (TPSA) is 78.5 Å². The van der Waals surface area contributed by atoms with E-state index in [0.717, 1.165) is 12.0 Å². The third kappa shape index (κ3) is 2.73. The van der Waals surface area contributed by atoms with Crippen LogP contribution in [0.15, 0.2) is 24.3 Å². The molecule has 3 atom stereocenters. The molecule has 1 aliphatic heterocycles. The van der Waals surface area contributed by atoms with Gasteiger partial charge in [0, 0.05) is 11.6 Å². The van der Waals surface area contributed by atoms with Crippen LogP contribution in [0.25, 0.3) is 0 Å². The maximum Gasteiger partial charge on any atom is 0.324 e. The van der Waals surface area contributed by atoms with Crippen LogP contribution in [0.1, 0.15) is 56.0 Å². The minimum atomic E-state index is -0.367. The molecule has 2 bridgehead atoms. The summed E-state index contributed by atoms with van der Waals surface area (Å²) in [4.78, 5) is 37.3. The van der Waals surface area contributed by atoms with E-state index in [0.29, 0.717) is 11.5 Å². The molecule has 3 fully saturated rings. The van der Waals surface area contributed by atoms with E-state index in [4.69, 9.17) is 0 Å². The first-order valence-electron chi connectivity index (χ1n) is 9.70. The zero-order valence-electron chi connectivity index (χ0n) is 16.2. The summed E-state index contributed by atoms with van der Waals surface area (Å²) in [6.07, 6.45) is 3.48. The Morgan fingerprint density at radius 1 is 1.22 bits per heavy atom. The van der Waals surface area contributed by atoms with E-state index in [-0.39, 0.29) is 47.8 Å². The maximum absolute atomic E-state index is 12.8. The second-order valence-electron chi connectivity index (χ2n) is 8.97. The van der Waals surface area contributed by atoms with Crippen molar-refractivity contribution in [3.05, 3.63) is 35.4 Å². The molecule has 6 nitrogen and oxygen atoms in total. The van der Waals surface area contributed by atoms with Gasteiger partial charge < -0.3 is 10.6 Å². The fraction of sp³-hybridized carbons (Fsp3) is 0.571. The van der Waals surface area contributed by atoms with Crippen molar-refractivity contribution >= 4 is 17.8 Å². The van der Waals surface area contributed by atoms with E-state index in [1.54, 1.807) is 24.3 Å². The molecule has 0 aromatic heterocycles. The van der Waals surface area contributed by atoms with Crippen LogP contribution in [0.3, 0.4) is 0 Å². The van der Waals surface area contributed by atoms with E-state index in [2.05, 4.69) is 31.4 Å². The molecule has 1 aromatic carbocycles. The lowest BCUT2D eigenvalue weighted by atomic mass is 9.69. The van der Waals surface area contributed by atoms with Gasteiger partial charge in [-0.05, 0) is 53.7 Å². The lowest BCUT2D eigenvalue weighted by Crippen LogP contribution is -2.46. The van der Waals surface area contributed by atoms with Crippen LogP contribution in [0, 0.1) is 16.7 Å². The van der Waals surface area contributed by atoms with Gasteiger partial charge in [-0.25, -0.2) is 4.79 Å². The first-order valence-corrected chi connectivity index (χ1v) is 9.70.